The molecule has 0 aliphatic carbocycles. The summed E-state index contributed by atoms with van der Waals surface area (Å²) in [5, 5.41) is 4.00. The predicted octanol–water partition coefficient (Wildman–Crippen LogP) is 3.11. The number of rotatable bonds is 2. The molecular weight excluding hydrogens is 296 g/mol. The first-order valence-corrected chi connectivity index (χ1v) is 8.25. The lowest BCUT2D eigenvalue weighted by Gasteiger charge is -2.34. The Morgan fingerprint density at radius 3 is 2.41 bits per heavy atom. The fourth-order valence-electron chi connectivity index (χ4n) is 2.42. The lowest BCUT2D eigenvalue weighted by Crippen LogP contribution is -2.50. The number of aryl methyl sites for hydroxylation is 2. The molecule has 116 valence electrons. The molecule has 6 heteroatoms. The maximum atomic E-state index is 12.3. The number of carbonyl (C=O) groups is 1. The van der Waals surface area contributed by atoms with Gasteiger partial charge in [0.25, 0.3) is 0 Å². The molecule has 0 spiro atoms. The van der Waals surface area contributed by atoms with Crippen LogP contribution in [0.25, 0.3) is 0 Å². The van der Waals surface area contributed by atoms with E-state index in [4.69, 9.17) is 0 Å². The molecule has 1 aliphatic heterocycles. The van der Waals surface area contributed by atoms with Crippen molar-refractivity contribution in [1.82, 2.24) is 9.88 Å². The van der Waals surface area contributed by atoms with E-state index in [1.165, 1.54) is 4.88 Å². The third-order valence-electron chi connectivity index (χ3n) is 3.88. The van der Waals surface area contributed by atoms with Gasteiger partial charge in [0.15, 0.2) is 5.13 Å². The minimum Gasteiger partial charge on any atom is -0.345 e. The van der Waals surface area contributed by atoms with Crippen LogP contribution in [0.2, 0.25) is 0 Å². The number of benzene rings is 1. The fourth-order valence-corrected chi connectivity index (χ4v) is 3.38. The van der Waals surface area contributed by atoms with Gasteiger partial charge in [-0.2, -0.15) is 0 Å². The van der Waals surface area contributed by atoms with Gasteiger partial charge in [-0.15, -0.1) is 11.3 Å². The van der Waals surface area contributed by atoms with Crippen molar-refractivity contribution in [2.75, 3.05) is 36.4 Å². The second-order valence-corrected chi connectivity index (χ2v) is 6.59. The Morgan fingerprint density at radius 1 is 1.14 bits per heavy atom. The second-order valence-electron chi connectivity index (χ2n) is 5.41. The van der Waals surface area contributed by atoms with E-state index in [-0.39, 0.29) is 6.03 Å². The number of urea groups is 1. The zero-order chi connectivity index (χ0) is 15.5. The largest absolute Gasteiger partial charge is 0.345 e. The molecule has 3 rings (SSSR count). The Bertz CT molecular complexity index is 628. The van der Waals surface area contributed by atoms with Gasteiger partial charge >= 0.3 is 6.03 Å². The monoisotopic (exact) mass is 316 g/mol. The molecule has 0 bridgehead atoms. The van der Waals surface area contributed by atoms with E-state index in [0.717, 1.165) is 42.7 Å². The smallest absolute Gasteiger partial charge is 0.321 e. The molecule has 1 N–H and O–H groups in total. The number of aromatic nitrogens is 1. The molecule has 5 nitrogen and oxygen atoms in total. The van der Waals surface area contributed by atoms with Gasteiger partial charge in [0.05, 0.1) is 5.69 Å². The zero-order valence-electron chi connectivity index (χ0n) is 12.9. The third kappa shape index (κ3) is 3.22. The Labute approximate surface area is 134 Å². The summed E-state index contributed by atoms with van der Waals surface area (Å²) in [4.78, 5) is 22.2. The summed E-state index contributed by atoms with van der Waals surface area (Å²) in [7, 11) is 0. The second kappa shape index (κ2) is 6.36. The fraction of sp³-hybridized carbons (Fsp3) is 0.375. The quantitative estimate of drug-likeness (QED) is 0.926. The van der Waals surface area contributed by atoms with Crippen molar-refractivity contribution in [3.05, 3.63) is 40.9 Å². The molecule has 22 heavy (non-hydrogen) atoms. The van der Waals surface area contributed by atoms with E-state index in [1.807, 2.05) is 42.2 Å². The van der Waals surface area contributed by atoms with Gasteiger partial charge in [0, 0.05) is 36.7 Å². The van der Waals surface area contributed by atoms with Crippen molar-refractivity contribution in [3.63, 3.8) is 0 Å². The van der Waals surface area contributed by atoms with Gasteiger partial charge in [0.2, 0.25) is 0 Å². The average molecular weight is 316 g/mol. The molecule has 2 amide bonds. The summed E-state index contributed by atoms with van der Waals surface area (Å²) in [6, 6.07) is 9.54. The van der Waals surface area contributed by atoms with Gasteiger partial charge < -0.3 is 15.1 Å². The van der Waals surface area contributed by atoms with Crippen molar-refractivity contribution in [2.45, 2.75) is 13.8 Å². The summed E-state index contributed by atoms with van der Waals surface area (Å²) < 4.78 is 0. The molecule has 1 aromatic heterocycles. The van der Waals surface area contributed by atoms with Crippen molar-refractivity contribution < 1.29 is 4.79 Å². The first kappa shape index (κ1) is 14.8. The number of hydrogen-bond donors (Lipinski definition) is 1. The number of nitrogens with one attached hydrogen (secondary N) is 1. The van der Waals surface area contributed by atoms with Crippen LogP contribution in [0.15, 0.2) is 30.3 Å². The average Bonchev–Trinajstić information content (AvgIpc) is 2.88. The molecule has 1 saturated heterocycles. The van der Waals surface area contributed by atoms with Gasteiger partial charge in [-0.3, -0.25) is 0 Å². The van der Waals surface area contributed by atoms with Crippen LogP contribution < -0.4 is 10.2 Å². The third-order valence-corrected chi connectivity index (χ3v) is 5.01. The highest BCUT2D eigenvalue weighted by atomic mass is 32.1. The summed E-state index contributed by atoms with van der Waals surface area (Å²) in [5.74, 6) is 0. The molecule has 0 unspecified atom stereocenters. The van der Waals surface area contributed by atoms with E-state index in [2.05, 4.69) is 22.1 Å². The molecule has 2 heterocycles. The molecule has 0 radical (unpaired) electrons. The molecule has 0 atom stereocenters. The molecule has 1 aromatic carbocycles. The van der Waals surface area contributed by atoms with Crippen LogP contribution >= 0.6 is 11.3 Å². The number of carbonyl (C=O) groups excluding carboxylic acids is 1. The van der Waals surface area contributed by atoms with Crippen LogP contribution in [0, 0.1) is 13.8 Å². The highest BCUT2D eigenvalue weighted by Gasteiger charge is 2.23. The van der Waals surface area contributed by atoms with Gasteiger partial charge in [0.1, 0.15) is 0 Å². The summed E-state index contributed by atoms with van der Waals surface area (Å²) in [6.07, 6.45) is 0. The van der Waals surface area contributed by atoms with Gasteiger partial charge in [-0.1, -0.05) is 18.2 Å². The number of thiazole rings is 1. The van der Waals surface area contributed by atoms with Crippen LogP contribution in [0.4, 0.5) is 15.6 Å². The Morgan fingerprint density at radius 2 is 1.82 bits per heavy atom. The lowest BCUT2D eigenvalue weighted by atomic mass is 10.3. The van der Waals surface area contributed by atoms with Crippen LogP contribution in [-0.4, -0.2) is 42.1 Å². The normalized spacial score (nSPS) is 15.0. The highest BCUT2D eigenvalue weighted by molar-refractivity contribution is 7.15. The van der Waals surface area contributed by atoms with Gasteiger partial charge in [-0.25, -0.2) is 9.78 Å². The van der Waals surface area contributed by atoms with Crippen molar-refractivity contribution in [2.24, 2.45) is 0 Å². The molecule has 2 aromatic rings. The number of hydrogen-bond acceptors (Lipinski definition) is 4. The first-order valence-electron chi connectivity index (χ1n) is 7.43. The molecular formula is C16H20N4OS. The first-order chi connectivity index (χ1) is 10.6. The predicted molar refractivity (Wildman–Crippen MR) is 90.8 cm³/mol. The van der Waals surface area contributed by atoms with E-state index >= 15 is 0 Å². The highest BCUT2D eigenvalue weighted by Crippen LogP contribution is 2.26. The number of nitrogens with zero attached hydrogens (tertiary/aromatic N) is 3. The maximum Gasteiger partial charge on any atom is 0.321 e. The minimum atomic E-state index is -0.0302. The van der Waals surface area contributed by atoms with Crippen LogP contribution in [0.3, 0.4) is 0 Å². The summed E-state index contributed by atoms with van der Waals surface area (Å²) in [6.45, 7) is 7.23. The van der Waals surface area contributed by atoms with Gasteiger partial charge in [-0.05, 0) is 26.0 Å². The Hall–Kier alpha value is -2.08. The Kier molecular flexibility index (Phi) is 4.29. The van der Waals surface area contributed by atoms with E-state index in [9.17, 15) is 4.79 Å². The standard InChI is InChI=1S/C16H20N4OS/c1-12-13(2)22-16(17-12)20-10-8-19(9-11-20)15(21)18-14-6-4-3-5-7-14/h3-7H,8-11H2,1-2H3,(H,18,21). The number of amides is 2. The number of piperazine rings is 1. The van der Waals surface area contributed by atoms with Crippen molar-refractivity contribution in [1.29, 1.82) is 0 Å². The summed E-state index contributed by atoms with van der Waals surface area (Å²) in [5.41, 5.74) is 1.94. The van der Waals surface area contributed by atoms with Crippen LogP contribution in [-0.2, 0) is 0 Å². The van der Waals surface area contributed by atoms with Crippen molar-refractivity contribution in [3.8, 4) is 0 Å². The Balaban J connectivity index is 1.56. The topological polar surface area (TPSA) is 48.5 Å². The SMILES string of the molecule is Cc1nc(N2CCN(C(=O)Nc3ccccc3)CC2)sc1C. The van der Waals surface area contributed by atoms with E-state index in [1.54, 1.807) is 11.3 Å². The van der Waals surface area contributed by atoms with Crippen LogP contribution in [0.5, 0.6) is 0 Å². The number of anilines is 2. The van der Waals surface area contributed by atoms with E-state index in [0.29, 0.717) is 0 Å². The molecule has 1 aliphatic rings. The maximum absolute atomic E-state index is 12.3. The zero-order valence-corrected chi connectivity index (χ0v) is 13.7. The number of para-hydroxylation sites is 1. The van der Waals surface area contributed by atoms with Crippen molar-refractivity contribution >= 4 is 28.2 Å². The van der Waals surface area contributed by atoms with E-state index < -0.39 is 0 Å². The summed E-state index contributed by atoms with van der Waals surface area (Å²) >= 11 is 1.73. The molecule has 1 fully saturated rings. The minimum absolute atomic E-state index is 0.0302. The molecule has 0 saturated carbocycles. The van der Waals surface area contributed by atoms with Crippen LogP contribution in [0.1, 0.15) is 10.6 Å². The lowest BCUT2D eigenvalue weighted by molar-refractivity contribution is 0.208.